The number of carbonyl (C=O) groups excluding carboxylic acids is 1. The number of nitrogens with one attached hydrogen (secondary N) is 1. The smallest absolute Gasteiger partial charge is 0.255 e. The Balaban J connectivity index is 2.25. The Kier molecular flexibility index (Phi) is 4.37. The Morgan fingerprint density at radius 3 is 2.58 bits per heavy atom. The summed E-state index contributed by atoms with van der Waals surface area (Å²) >= 11 is 6.60. The van der Waals surface area contributed by atoms with Crippen molar-refractivity contribution in [2.75, 3.05) is 5.32 Å². The van der Waals surface area contributed by atoms with Gasteiger partial charge in [-0.2, -0.15) is 0 Å². The fourth-order valence-electron chi connectivity index (χ4n) is 1.52. The highest BCUT2D eigenvalue weighted by Gasteiger charge is 2.10. The van der Waals surface area contributed by atoms with Crippen molar-refractivity contribution >= 4 is 43.5 Å². The van der Waals surface area contributed by atoms with E-state index in [4.69, 9.17) is 0 Å². The molecule has 0 bridgehead atoms. The fourth-order valence-corrected chi connectivity index (χ4v) is 2.26. The maximum Gasteiger partial charge on any atom is 0.255 e. The monoisotopic (exact) mass is 385 g/mol. The third-order valence-electron chi connectivity index (χ3n) is 2.61. The number of amides is 1. The lowest BCUT2D eigenvalue weighted by Gasteiger charge is -2.08. The van der Waals surface area contributed by atoms with Crippen LogP contribution < -0.4 is 5.32 Å². The molecule has 0 radical (unpaired) electrons. The van der Waals surface area contributed by atoms with Crippen LogP contribution in [0, 0.1) is 12.7 Å². The van der Waals surface area contributed by atoms with E-state index >= 15 is 0 Å². The predicted molar refractivity (Wildman–Crippen MR) is 80.9 cm³/mol. The van der Waals surface area contributed by atoms with Crippen LogP contribution in [-0.4, -0.2) is 5.91 Å². The van der Waals surface area contributed by atoms with Gasteiger partial charge in [0.1, 0.15) is 5.82 Å². The molecule has 2 aromatic rings. The zero-order chi connectivity index (χ0) is 14.0. The van der Waals surface area contributed by atoms with Gasteiger partial charge in [-0.1, -0.05) is 37.9 Å². The van der Waals surface area contributed by atoms with Crippen LogP contribution in [0.25, 0.3) is 0 Å². The van der Waals surface area contributed by atoms with E-state index in [0.717, 1.165) is 10.0 Å². The van der Waals surface area contributed by atoms with Gasteiger partial charge >= 0.3 is 0 Å². The van der Waals surface area contributed by atoms with Crippen molar-refractivity contribution in [3.05, 3.63) is 62.3 Å². The van der Waals surface area contributed by atoms with Crippen LogP contribution in [0.2, 0.25) is 0 Å². The molecular weight excluding hydrogens is 377 g/mol. The Morgan fingerprint density at radius 2 is 1.89 bits per heavy atom. The van der Waals surface area contributed by atoms with Crippen LogP contribution in [0.1, 0.15) is 15.9 Å². The molecule has 19 heavy (non-hydrogen) atoms. The topological polar surface area (TPSA) is 29.1 Å². The zero-order valence-corrected chi connectivity index (χ0v) is 13.2. The van der Waals surface area contributed by atoms with Crippen LogP contribution in [0.4, 0.5) is 10.1 Å². The summed E-state index contributed by atoms with van der Waals surface area (Å²) in [6.07, 6.45) is 0. The van der Waals surface area contributed by atoms with Crippen molar-refractivity contribution < 1.29 is 9.18 Å². The van der Waals surface area contributed by atoms with Gasteiger partial charge in [0.15, 0.2) is 0 Å². The van der Waals surface area contributed by atoms with E-state index < -0.39 is 5.82 Å². The van der Waals surface area contributed by atoms with Crippen molar-refractivity contribution in [1.29, 1.82) is 0 Å². The first-order valence-corrected chi connectivity index (χ1v) is 7.08. The van der Waals surface area contributed by atoms with E-state index in [1.54, 1.807) is 18.2 Å². The highest BCUT2D eigenvalue weighted by Crippen LogP contribution is 2.22. The van der Waals surface area contributed by atoms with Crippen LogP contribution in [0.5, 0.6) is 0 Å². The van der Waals surface area contributed by atoms with Crippen LogP contribution in [0.15, 0.2) is 45.3 Å². The molecule has 0 aliphatic heterocycles. The van der Waals surface area contributed by atoms with Crippen LogP contribution in [-0.2, 0) is 0 Å². The molecule has 0 saturated carbocycles. The lowest BCUT2D eigenvalue weighted by molar-refractivity contribution is 0.102. The Labute approximate surface area is 127 Å². The average molecular weight is 387 g/mol. The molecule has 5 heteroatoms. The second-order valence-electron chi connectivity index (χ2n) is 4.04. The van der Waals surface area contributed by atoms with Crippen molar-refractivity contribution in [2.24, 2.45) is 0 Å². The molecule has 1 amide bonds. The summed E-state index contributed by atoms with van der Waals surface area (Å²) in [5, 5.41) is 2.55. The quantitative estimate of drug-likeness (QED) is 0.780. The number of halogens is 3. The second-order valence-corrected chi connectivity index (χ2v) is 5.81. The van der Waals surface area contributed by atoms with E-state index in [-0.39, 0.29) is 11.6 Å². The first kappa shape index (κ1) is 14.2. The number of carbonyl (C=O) groups is 1. The normalized spacial score (nSPS) is 10.3. The molecule has 2 rings (SSSR count). The average Bonchev–Trinajstić information content (AvgIpc) is 2.37. The molecule has 0 spiro atoms. The summed E-state index contributed by atoms with van der Waals surface area (Å²) in [5.41, 5.74) is 1.65. The van der Waals surface area contributed by atoms with Gasteiger partial charge in [0.25, 0.3) is 5.91 Å². The molecule has 2 aromatic carbocycles. The molecule has 0 aliphatic rings. The molecule has 0 atom stereocenters. The van der Waals surface area contributed by atoms with Crippen LogP contribution in [0.3, 0.4) is 0 Å². The number of aryl methyl sites for hydroxylation is 1. The fraction of sp³-hybridized carbons (Fsp3) is 0.0714. The minimum Gasteiger partial charge on any atom is -0.319 e. The lowest BCUT2D eigenvalue weighted by Crippen LogP contribution is -2.13. The van der Waals surface area contributed by atoms with Crippen molar-refractivity contribution in [1.82, 2.24) is 0 Å². The highest BCUT2D eigenvalue weighted by molar-refractivity contribution is 9.10. The second kappa shape index (κ2) is 5.84. The van der Waals surface area contributed by atoms with Crippen LogP contribution >= 0.6 is 31.9 Å². The van der Waals surface area contributed by atoms with Gasteiger partial charge in [-0.3, -0.25) is 4.79 Å². The molecule has 0 aromatic heterocycles. The highest BCUT2D eigenvalue weighted by atomic mass is 79.9. The number of rotatable bonds is 2. The maximum absolute atomic E-state index is 13.5. The van der Waals surface area contributed by atoms with E-state index in [2.05, 4.69) is 37.2 Å². The largest absolute Gasteiger partial charge is 0.319 e. The van der Waals surface area contributed by atoms with Gasteiger partial charge in [0, 0.05) is 14.5 Å². The minimum absolute atomic E-state index is 0.149. The summed E-state index contributed by atoms with van der Waals surface area (Å²) in [6.45, 7) is 1.93. The first-order chi connectivity index (χ1) is 8.97. The van der Waals surface area contributed by atoms with Gasteiger partial charge < -0.3 is 5.32 Å². The first-order valence-electron chi connectivity index (χ1n) is 5.50. The third kappa shape index (κ3) is 3.42. The van der Waals surface area contributed by atoms with Gasteiger partial charge in [0.2, 0.25) is 0 Å². The molecule has 98 valence electrons. The Hall–Kier alpha value is -1.20. The standard InChI is InChI=1S/C14H10Br2FNO/c1-8-2-3-9(6-11(8)16)14(19)18-13-7-10(15)4-5-12(13)17/h2-7H,1H3,(H,18,19). The Bertz CT molecular complexity index is 643. The van der Waals surface area contributed by atoms with Crippen molar-refractivity contribution in [3.63, 3.8) is 0 Å². The van der Waals surface area contributed by atoms with Crippen molar-refractivity contribution in [3.8, 4) is 0 Å². The zero-order valence-electron chi connectivity index (χ0n) is 10.0. The molecule has 1 N–H and O–H groups in total. The van der Waals surface area contributed by atoms with Gasteiger partial charge in [-0.25, -0.2) is 4.39 Å². The predicted octanol–water partition coefficient (Wildman–Crippen LogP) is 4.91. The summed E-state index contributed by atoms with van der Waals surface area (Å²) in [5.74, 6) is -0.819. The maximum atomic E-state index is 13.5. The molecule has 2 nitrogen and oxygen atoms in total. The SMILES string of the molecule is Cc1ccc(C(=O)Nc2cc(Br)ccc2F)cc1Br. The summed E-state index contributed by atoms with van der Waals surface area (Å²) in [4.78, 5) is 12.0. The molecule has 0 unspecified atom stereocenters. The lowest BCUT2D eigenvalue weighted by atomic mass is 10.1. The molecule has 0 fully saturated rings. The number of benzene rings is 2. The van der Waals surface area contributed by atoms with E-state index in [1.165, 1.54) is 12.1 Å². The summed E-state index contributed by atoms with van der Waals surface area (Å²) in [6, 6.07) is 9.64. The number of anilines is 1. The van der Waals surface area contributed by atoms with Crippen molar-refractivity contribution in [2.45, 2.75) is 6.92 Å². The van der Waals surface area contributed by atoms with E-state index in [0.29, 0.717) is 10.0 Å². The molecule has 0 aliphatic carbocycles. The summed E-state index contributed by atoms with van der Waals surface area (Å²) < 4.78 is 15.1. The van der Waals surface area contributed by atoms with Gasteiger partial charge in [0.05, 0.1) is 5.69 Å². The van der Waals surface area contributed by atoms with Gasteiger partial charge in [-0.05, 0) is 42.8 Å². The summed E-state index contributed by atoms with van der Waals surface area (Å²) in [7, 11) is 0. The molecular formula is C14H10Br2FNO. The minimum atomic E-state index is -0.470. The number of hydrogen-bond acceptors (Lipinski definition) is 1. The van der Waals surface area contributed by atoms with Gasteiger partial charge in [-0.15, -0.1) is 0 Å². The Morgan fingerprint density at radius 1 is 1.16 bits per heavy atom. The number of hydrogen-bond donors (Lipinski definition) is 1. The molecule has 0 saturated heterocycles. The van der Waals surface area contributed by atoms with E-state index in [9.17, 15) is 9.18 Å². The van der Waals surface area contributed by atoms with E-state index in [1.807, 2.05) is 13.0 Å². The molecule has 0 heterocycles. The third-order valence-corrected chi connectivity index (χ3v) is 3.96.